The van der Waals surface area contributed by atoms with E-state index in [1.165, 1.54) is 10.1 Å². The number of benzene rings is 1. The van der Waals surface area contributed by atoms with Crippen molar-refractivity contribution in [2.75, 3.05) is 11.9 Å². The minimum absolute atomic E-state index is 0.422. The zero-order valence-electron chi connectivity index (χ0n) is 10.2. The van der Waals surface area contributed by atoms with Crippen molar-refractivity contribution in [3.63, 3.8) is 0 Å². The third-order valence-electron chi connectivity index (χ3n) is 2.82. The van der Waals surface area contributed by atoms with Crippen LogP contribution in [-0.4, -0.2) is 21.8 Å². The molecular weight excluding hydrogens is 258 g/mol. The molecule has 1 unspecified atom stereocenters. The van der Waals surface area contributed by atoms with Gasteiger partial charge in [-0.05, 0) is 29.7 Å². The summed E-state index contributed by atoms with van der Waals surface area (Å²) in [5.41, 5.74) is 0. The zero-order chi connectivity index (χ0) is 13.1. The number of aliphatic hydroxyl groups excluding tert-OH is 1. The van der Waals surface area contributed by atoms with Crippen LogP contribution in [0.25, 0.3) is 10.1 Å². The molecule has 2 heterocycles. The maximum absolute atomic E-state index is 10.2. The first-order valence-corrected chi connectivity index (χ1v) is 6.83. The van der Waals surface area contributed by atoms with Gasteiger partial charge in [0, 0.05) is 22.3 Å². The molecule has 4 nitrogen and oxygen atoms in total. The second-order valence-electron chi connectivity index (χ2n) is 4.19. The fourth-order valence-electron chi connectivity index (χ4n) is 1.86. The molecule has 3 aromatic rings. The van der Waals surface area contributed by atoms with Crippen LogP contribution >= 0.6 is 11.3 Å². The quantitative estimate of drug-likeness (QED) is 0.766. The van der Waals surface area contributed by atoms with Crippen molar-refractivity contribution in [3.05, 3.63) is 53.5 Å². The number of rotatable bonds is 4. The number of fused-ring (bicyclic) bond motifs is 1. The summed E-state index contributed by atoms with van der Waals surface area (Å²) in [4.78, 5) is 0.956. The summed E-state index contributed by atoms with van der Waals surface area (Å²) < 4.78 is 1.19. The maximum atomic E-state index is 10.2. The van der Waals surface area contributed by atoms with Crippen LogP contribution in [0.1, 0.15) is 11.0 Å². The van der Waals surface area contributed by atoms with Gasteiger partial charge < -0.3 is 10.4 Å². The number of hydrogen-bond donors (Lipinski definition) is 2. The van der Waals surface area contributed by atoms with Crippen molar-refractivity contribution in [1.29, 1.82) is 0 Å². The smallest absolute Gasteiger partial charge is 0.148 e. The fraction of sp³-hybridized carbons (Fsp3) is 0.143. The average Bonchev–Trinajstić information content (AvgIpc) is 2.90. The van der Waals surface area contributed by atoms with Crippen LogP contribution in [0.5, 0.6) is 0 Å². The lowest BCUT2D eigenvalue weighted by atomic mass is 10.2. The number of nitrogens with zero attached hydrogens (tertiary/aromatic N) is 2. The Morgan fingerprint density at radius 3 is 2.89 bits per heavy atom. The number of hydrogen-bond acceptors (Lipinski definition) is 5. The summed E-state index contributed by atoms with van der Waals surface area (Å²) in [7, 11) is 0. The van der Waals surface area contributed by atoms with E-state index in [2.05, 4.69) is 27.6 Å². The summed E-state index contributed by atoms with van der Waals surface area (Å²) in [6, 6.07) is 13.8. The van der Waals surface area contributed by atoms with Crippen LogP contribution in [0.2, 0.25) is 0 Å². The van der Waals surface area contributed by atoms with Crippen LogP contribution in [-0.2, 0) is 0 Å². The van der Waals surface area contributed by atoms with Gasteiger partial charge in [0.05, 0.1) is 0 Å². The summed E-state index contributed by atoms with van der Waals surface area (Å²) in [6.45, 7) is 0.422. The molecule has 0 saturated heterocycles. The number of nitrogens with one attached hydrogen (secondary N) is 1. The van der Waals surface area contributed by atoms with Crippen molar-refractivity contribution in [2.24, 2.45) is 0 Å². The molecule has 0 amide bonds. The molecular formula is C14H13N3OS. The van der Waals surface area contributed by atoms with E-state index in [1.807, 2.05) is 24.3 Å². The predicted octanol–water partition coefficient (Wildman–Crippen LogP) is 2.84. The predicted molar refractivity (Wildman–Crippen MR) is 77.3 cm³/mol. The van der Waals surface area contributed by atoms with Gasteiger partial charge in [-0.25, -0.2) is 0 Å². The lowest BCUT2D eigenvalue weighted by Gasteiger charge is -2.09. The van der Waals surface area contributed by atoms with Crippen molar-refractivity contribution < 1.29 is 5.11 Å². The van der Waals surface area contributed by atoms with Crippen LogP contribution in [0.15, 0.2) is 48.7 Å². The van der Waals surface area contributed by atoms with Gasteiger partial charge in [0.2, 0.25) is 0 Å². The Kier molecular flexibility index (Phi) is 3.39. The summed E-state index contributed by atoms with van der Waals surface area (Å²) >= 11 is 1.61. The Balaban J connectivity index is 1.71. The molecule has 96 valence electrons. The van der Waals surface area contributed by atoms with Gasteiger partial charge in [-0.15, -0.1) is 16.4 Å². The van der Waals surface area contributed by atoms with Crippen molar-refractivity contribution >= 4 is 27.2 Å². The zero-order valence-corrected chi connectivity index (χ0v) is 11.0. The highest BCUT2D eigenvalue weighted by molar-refractivity contribution is 7.19. The van der Waals surface area contributed by atoms with Crippen molar-refractivity contribution in [2.45, 2.75) is 6.10 Å². The molecule has 3 rings (SSSR count). The van der Waals surface area contributed by atoms with Crippen molar-refractivity contribution in [1.82, 2.24) is 10.2 Å². The van der Waals surface area contributed by atoms with Gasteiger partial charge in [0.1, 0.15) is 11.9 Å². The van der Waals surface area contributed by atoms with E-state index in [1.54, 1.807) is 23.6 Å². The highest BCUT2D eigenvalue weighted by Gasteiger charge is 2.11. The Labute approximate surface area is 114 Å². The molecule has 0 aliphatic rings. The Bertz CT molecular complexity index is 636. The highest BCUT2D eigenvalue weighted by Crippen LogP contribution is 2.29. The molecule has 0 bridgehead atoms. The first-order valence-electron chi connectivity index (χ1n) is 6.01. The largest absolute Gasteiger partial charge is 0.386 e. The third kappa shape index (κ3) is 2.72. The third-order valence-corrected chi connectivity index (χ3v) is 4.04. The SMILES string of the molecule is OC(CNc1cccnn1)c1cc2ccccc2s1. The Morgan fingerprint density at radius 1 is 1.21 bits per heavy atom. The van der Waals surface area contributed by atoms with Gasteiger partial charge in [-0.1, -0.05) is 18.2 Å². The topological polar surface area (TPSA) is 58.0 Å². The normalized spacial score (nSPS) is 12.5. The van der Waals surface area contributed by atoms with Gasteiger partial charge >= 0.3 is 0 Å². The molecule has 0 saturated carbocycles. The highest BCUT2D eigenvalue weighted by atomic mass is 32.1. The van der Waals surface area contributed by atoms with E-state index in [-0.39, 0.29) is 0 Å². The Morgan fingerprint density at radius 2 is 2.11 bits per heavy atom. The average molecular weight is 271 g/mol. The molecule has 0 fully saturated rings. The maximum Gasteiger partial charge on any atom is 0.148 e. The molecule has 2 aromatic heterocycles. The first-order chi connectivity index (χ1) is 9.33. The molecule has 0 spiro atoms. The Hall–Kier alpha value is -1.98. The van der Waals surface area contributed by atoms with Crippen LogP contribution in [0.4, 0.5) is 5.82 Å². The lowest BCUT2D eigenvalue weighted by molar-refractivity contribution is 0.195. The number of anilines is 1. The lowest BCUT2D eigenvalue weighted by Crippen LogP contribution is -2.12. The van der Waals surface area contributed by atoms with E-state index in [9.17, 15) is 5.11 Å². The number of aromatic nitrogens is 2. The monoisotopic (exact) mass is 271 g/mol. The first kappa shape index (κ1) is 12.1. The van der Waals surface area contributed by atoms with E-state index in [0.29, 0.717) is 12.4 Å². The van der Waals surface area contributed by atoms with Crippen molar-refractivity contribution in [3.8, 4) is 0 Å². The molecule has 1 aromatic carbocycles. The molecule has 0 aliphatic carbocycles. The van der Waals surface area contributed by atoms with E-state index in [0.717, 1.165) is 4.88 Å². The standard InChI is InChI=1S/C14H13N3OS/c18-11(9-15-14-6-3-7-16-17-14)13-8-10-4-1-2-5-12(10)19-13/h1-8,11,18H,9H2,(H,15,17). The van der Waals surface area contributed by atoms with Gasteiger partial charge in [0.25, 0.3) is 0 Å². The van der Waals surface area contributed by atoms with E-state index < -0.39 is 6.10 Å². The van der Waals surface area contributed by atoms with E-state index >= 15 is 0 Å². The number of aliphatic hydroxyl groups is 1. The minimum Gasteiger partial charge on any atom is -0.386 e. The second-order valence-corrected chi connectivity index (χ2v) is 5.31. The molecule has 1 atom stereocenters. The fourth-order valence-corrected chi connectivity index (χ4v) is 2.91. The summed E-state index contributed by atoms with van der Waals surface area (Å²) in [5, 5.41) is 22.1. The van der Waals surface area contributed by atoms with Crippen LogP contribution in [0.3, 0.4) is 0 Å². The molecule has 2 N–H and O–H groups in total. The van der Waals surface area contributed by atoms with Gasteiger partial charge in [-0.3, -0.25) is 0 Å². The second kappa shape index (κ2) is 5.34. The van der Waals surface area contributed by atoms with Crippen LogP contribution < -0.4 is 5.32 Å². The molecule has 19 heavy (non-hydrogen) atoms. The van der Waals surface area contributed by atoms with E-state index in [4.69, 9.17) is 0 Å². The minimum atomic E-state index is -0.542. The van der Waals surface area contributed by atoms with Crippen LogP contribution in [0, 0.1) is 0 Å². The summed E-state index contributed by atoms with van der Waals surface area (Å²) in [6.07, 6.45) is 1.08. The molecule has 5 heteroatoms. The van der Waals surface area contributed by atoms with Gasteiger partial charge in [0.15, 0.2) is 0 Å². The summed E-state index contributed by atoms with van der Waals surface area (Å²) in [5.74, 6) is 0.669. The molecule has 0 radical (unpaired) electrons. The van der Waals surface area contributed by atoms with Gasteiger partial charge in [-0.2, -0.15) is 5.10 Å². The number of thiophene rings is 1. The molecule has 0 aliphatic heterocycles.